The minimum atomic E-state index is -0.917. The van der Waals surface area contributed by atoms with Crippen molar-refractivity contribution in [1.82, 2.24) is 40.4 Å². The number of aryl methyl sites for hydroxylation is 2. The first-order chi connectivity index (χ1) is 39.6. The molecule has 0 aliphatic carbocycles. The molecule has 0 bridgehead atoms. The van der Waals surface area contributed by atoms with Gasteiger partial charge in [-0.15, -0.1) is 0 Å². The van der Waals surface area contributed by atoms with E-state index in [9.17, 15) is 38.4 Å². The summed E-state index contributed by atoms with van der Waals surface area (Å²) in [6.45, 7) is 18.8. The monoisotopic (exact) mass is 1320 g/mol. The molecule has 6 amide bonds. The molecule has 1 aliphatic heterocycles. The third-order valence-electron chi connectivity index (χ3n) is 11.3. The zero-order valence-electron chi connectivity index (χ0n) is 49.6. The summed E-state index contributed by atoms with van der Waals surface area (Å²) in [6, 6.07) is 21.5. The summed E-state index contributed by atoms with van der Waals surface area (Å²) >= 11 is 3.19. The van der Waals surface area contributed by atoms with Crippen LogP contribution in [0.15, 0.2) is 97.6 Å². The number of ketones is 1. The Morgan fingerprint density at radius 2 is 0.978 bits per heavy atom. The molecule has 5 heterocycles. The SMILES string of the molecule is C.C.C.C.C.C.CC(C)(C)OC(=O)NCCBr.COC(=O)C(=O)c1cn(CCCNC(=O)OC(C)(C)C)c2ncccc12.COc1ccccc1C1=C(c2cn(CCCNC(=O)OC(C)(C)C)c3ncccc23)C(=O)NC1=O.COc1ccccc1CC(N)=O. The highest BCUT2D eigenvalue weighted by Gasteiger charge is 2.35. The average molecular weight is 1320 g/mol. The second-order valence-electron chi connectivity index (χ2n) is 21.4. The molecule has 0 unspecified atom stereocenters. The molecule has 6 aromatic rings. The quantitative estimate of drug-likeness (QED) is 0.0102. The Morgan fingerprint density at radius 3 is 1.43 bits per heavy atom. The van der Waals surface area contributed by atoms with Crippen LogP contribution in [-0.4, -0.2) is 130 Å². The molecule has 0 atom stereocenters. The fourth-order valence-corrected chi connectivity index (χ4v) is 8.20. The van der Waals surface area contributed by atoms with E-state index in [1.165, 1.54) is 14.2 Å². The Labute approximate surface area is 541 Å². The number of methoxy groups -OCH3 is 3. The second-order valence-corrected chi connectivity index (χ2v) is 22.2. The van der Waals surface area contributed by atoms with E-state index in [0.717, 1.165) is 16.3 Å². The molecule has 500 valence electrons. The number of Topliss-reactive ketones (excluding diaryl/α,β-unsaturated/α-hetero) is 1. The van der Waals surface area contributed by atoms with Crippen molar-refractivity contribution < 1.29 is 66.8 Å². The van der Waals surface area contributed by atoms with Crippen LogP contribution in [-0.2, 0) is 57.6 Å². The number of amides is 6. The number of halogens is 1. The Hall–Kier alpha value is -8.80. The van der Waals surface area contributed by atoms with E-state index in [2.05, 4.69) is 51.9 Å². The van der Waals surface area contributed by atoms with Crippen LogP contribution in [0, 0.1) is 0 Å². The fraction of sp³-hybridized carbons (Fsp3) is 0.455. The highest BCUT2D eigenvalue weighted by Crippen LogP contribution is 2.38. The largest absolute Gasteiger partial charge is 0.496 e. The van der Waals surface area contributed by atoms with E-state index < -0.39 is 52.6 Å². The van der Waals surface area contributed by atoms with Crippen molar-refractivity contribution in [2.45, 2.75) is 156 Å². The van der Waals surface area contributed by atoms with Crippen molar-refractivity contribution in [1.29, 1.82) is 0 Å². The van der Waals surface area contributed by atoms with Gasteiger partial charge in [-0.25, -0.2) is 29.1 Å². The lowest BCUT2D eigenvalue weighted by atomic mass is 9.96. The maximum Gasteiger partial charge on any atom is 0.407 e. The standard InChI is InChI=1S/C26H28N4O5.C18H23N3O5.C9H11NO2.C7H14BrNO2.6CH4/c1-26(2,3)35-25(33)28-13-8-14-30-15-18(16-10-7-12-27-22(16)30)21-20(23(31)29-24(21)32)17-9-5-6-11-19(17)34-4;1-18(2,3)26-17(24)20-9-6-10-21-11-13(14(22)16(23)25-4)12-7-5-8-19-15(12)21;1-12-8-5-3-2-4-7(8)6-9(10)11;1-7(2,3)11-6(10)9-5-4-8;;;;;;/h5-7,9-12,15H,8,13-14H2,1-4H3,(H,28,33)(H,29,31,32);5,7-8,11H,6,9-10H2,1-4H3,(H,20,24);2-5H,6H2,1H3,(H2,10,11);4-5H2,1-3H3,(H,9,10);6*1H4. The molecule has 90 heavy (non-hydrogen) atoms. The number of nitrogens with one attached hydrogen (secondary N) is 4. The molecule has 6 N–H and O–H groups in total. The summed E-state index contributed by atoms with van der Waals surface area (Å²) in [5.41, 5.74) is 7.58. The zero-order chi connectivity index (χ0) is 62.4. The average Bonchev–Trinajstić information content (AvgIpc) is 1.63. The number of para-hydroxylation sites is 2. The molecule has 0 saturated carbocycles. The number of rotatable bonds is 18. The normalized spacial score (nSPS) is 11.2. The topological polar surface area (TPSA) is 302 Å². The lowest BCUT2D eigenvalue weighted by Crippen LogP contribution is -2.33. The van der Waals surface area contributed by atoms with Crippen LogP contribution in [0.2, 0.25) is 0 Å². The molecule has 0 saturated heterocycles. The number of hydrogen-bond acceptors (Lipinski definition) is 16. The summed E-state index contributed by atoms with van der Waals surface area (Å²) in [6.07, 6.45) is 6.84. The van der Waals surface area contributed by atoms with Crippen molar-refractivity contribution in [2.24, 2.45) is 5.73 Å². The van der Waals surface area contributed by atoms with Gasteiger partial charge < -0.3 is 59.2 Å². The van der Waals surface area contributed by atoms with E-state index >= 15 is 0 Å². The second kappa shape index (κ2) is 40.0. The molecule has 2 aromatic carbocycles. The zero-order valence-corrected chi connectivity index (χ0v) is 51.1. The van der Waals surface area contributed by atoms with Crippen LogP contribution in [0.5, 0.6) is 11.5 Å². The predicted octanol–water partition coefficient (Wildman–Crippen LogP) is 12.3. The molecular weight excluding hydrogens is 1220 g/mol. The fourth-order valence-electron chi connectivity index (χ4n) is 8.00. The summed E-state index contributed by atoms with van der Waals surface area (Å²) in [5, 5.41) is 12.5. The van der Waals surface area contributed by atoms with Gasteiger partial charge in [0, 0.05) is 90.3 Å². The minimum absolute atomic E-state index is 0. The van der Waals surface area contributed by atoms with Gasteiger partial charge in [0.15, 0.2) is 0 Å². The van der Waals surface area contributed by atoms with Crippen LogP contribution >= 0.6 is 15.9 Å². The molecule has 7 rings (SSSR count). The Balaban J connectivity index is -0.00000121. The number of alkyl halides is 1. The Kier molecular flexibility index (Phi) is 37.9. The number of aromatic nitrogens is 4. The van der Waals surface area contributed by atoms with Gasteiger partial charge in [0.05, 0.1) is 44.5 Å². The first-order valence-electron chi connectivity index (χ1n) is 26.7. The third kappa shape index (κ3) is 26.9. The van der Waals surface area contributed by atoms with E-state index in [-0.39, 0.29) is 79.7 Å². The van der Waals surface area contributed by atoms with Crippen LogP contribution in [0.25, 0.3) is 33.2 Å². The van der Waals surface area contributed by atoms with Crippen molar-refractivity contribution in [3.8, 4) is 11.5 Å². The Morgan fingerprint density at radius 1 is 0.556 bits per heavy atom. The van der Waals surface area contributed by atoms with E-state index in [4.69, 9.17) is 29.4 Å². The Bertz CT molecular complexity index is 3320. The van der Waals surface area contributed by atoms with Gasteiger partial charge in [-0.1, -0.05) is 96.9 Å². The number of carbonyl (C=O) groups is 8. The smallest absolute Gasteiger partial charge is 0.407 e. The summed E-state index contributed by atoms with van der Waals surface area (Å²) in [7, 11) is 4.26. The van der Waals surface area contributed by atoms with Crippen molar-refractivity contribution in [2.75, 3.05) is 46.3 Å². The number of nitrogens with two attached hydrogens (primary N) is 1. The number of carbonyl (C=O) groups excluding carboxylic acids is 8. The number of ether oxygens (including phenoxy) is 6. The van der Waals surface area contributed by atoms with Crippen LogP contribution in [0.3, 0.4) is 0 Å². The summed E-state index contributed by atoms with van der Waals surface area (Å²) < 4.78 is 34.1. The number of benzene rings is 2. The number of primary amides is 1. The van der Waals surface area contributed by atoms with Crippen molar-refractivity contribution in [3.05, 3.63) is 120 Å². The molecule has 23 nitrogen and oxygen atoms in total. The van der Waals surface area contributed by atoms with Crippen molar-refractivity contribution >= 4 is 96.9 Å². The number of imide groups is 1. The van der Waals surface area contributed by atoms with Gasteiger partial charge in [-0.2, -0.15) is 0 Å². The molecule has 4 aromatic heterocycles. The summed E-state index contributed by atoms with van der Waals surface area (Å²) in [5.74, 6) is -1.71. The maximum absolute atomic E-state index is 12.9. The molecule has 1 aliphatic rings. The van der Waals surface area contributed by atoms with Gasteiger partial charge in [0.2, 0.25) is 5.91 Å². The number of pyridine rings is 2. The van der Waals surface area contributed by atoms with Gasteiger partial charge in [-0.05, 0) is 112 Å². The molecular formula is C66H100BrN9O14. The van der Waals surface area contributed by atoms with Gasteiger partial charge >= 0.3 is 24.2 Å². The number of fused-ring (bicyclic) bond motifs is 2. The third-order valence-corrected chi connectivity index (χ3v) is 11.7. The summed E-state index contributed by atoms with van der Waals surface area (Å²) in [4.78, 5) is 103. The lowest BCUT2D eigenvalue weighted by molar-refractivity contribution is -0.135. The van der Waals surface area contributed by atoms with Crippen LogP contribution in [0.1, 0.15) is 147 Å². The van der Waals surface area contributed by atoms with Crippen molar-refractivity contribution in [3.63, 3.8) is 0 Å². The van der Waals surface area contributed by atoms with Gasteiger partial charge in [-0.3, -0.25) is 24.5 Å². The number of alkyl carbamates (subject to hydrolysis) is 3. The minimum Gasteiger partial charge on any atom is -0.496 e. The highest BCUT2D eigenvalue weighted by atomic mass is 79.9. The highest BCUT2D eigenvalue weighted by molar-refractivity contribution is 9.09. The first kappa shape index (κ1) is 85.4. The van der Waals surface area contributed by atoms with Gasteiger partial charge in [0.25, 0.3) is 17.6 Å². The van der Waals surface area contributed by atoms with E-state index in [0.29, 0.717) is 84.9 Å². The first-order valence-corrected chi connectivity index (χ1v) is 27.8. The number of hydrogen-bond donors (Lipinski definition) is 5. The molecule has 0 fully saturated rings. The van der Waals surface area contributed by atoms with E-state index in [1.807, 2.05) is 76.6 Å². The number of nitrogens with zero attached hydrogens (tertiary/aromatic N) is 4. The predicted molar refractivity (Wildman–Crippen MR) is 361 cm³/mol. The molecule has 0 radical (unpaired) electrons. The molecule has 24 heteroatoms. The number of esters is 1. The lowest BCUT2D eigenvalue weighted by Gasteiger charge is -2.19. The van der Waals surface area contributed by atoms with Crippen LogP contribution in [0.4, 0.5) is 14.4 Å². The van der Waals surface area contributed by atoms with Crippen LogP contribution < -0.4 is 36.5 Å². The van der Waals surface area contributed by atoms with E-state index in [1.54, 1.807) is 99.6 Å². The molecule has 0 spiro atoms. The maximum atomic E-state index is 12.9. The van der Waals surface area contributed by atoms with Gasteiger partial charge in [0.1, 0.15) is 39.6 Å².